The van der Waals surface area contributed by atoms with E-state index in [1.807, 2.05) is 18.0 Å². The van der Waals surface area contributed by atoms with Crippen molar-refractivity contribution in [2.75, 3.05) is 16.9 Å². The number of nitrogens with one attached hydrogen (secondary N) is 1. The van der Waals surface area contributed by atoms with Crippen LogP contribution < -0.4 is 10.3 Å². The summed E-state index contributed by atoms with van der Waals surface area (Å²) in [6.07, 6.45) is 4.26. The highest BCUT2D eigenvalue weighted by molar-refractivity contribution is 7.99. The minimum atomic E-state index is 0.988. The molecule has 0 bridgehead atoms. The first kappa shape index (κ1) is 19.7. The fourth-order valence-corrected chi connectivity index (χ4v) is 5.07. The van der Waals surface area contributed by atoms with Crippen LogP contribution in [0.15, 0.2) is 99.8 Å². The third-order valence-electron chi connectivity index (χ3n) is 5.54. The average Bonchev–Trinajstić information content (AvgIpc) is 2.81. The Hall–Kier alpha value is -3.24. The van der Waals surface area contributed by atoms with Crippen molar-refractivity contribution in [1.82, 2.24) is 0 Å². The molecule has 1 N–H and O–H groups in total. The van der Waals surface area contributed by atoms with E-state index in [1.165, 1.54) is 44.8 Å². The molecule has 0 spiro atoms. The van der Waals surface area contributed by atoms with Crippen LogP contribution in [0.1, 0.15) is 25.3 Å². The van der Waals surface area contributed by atoms with Gasteiger partial charge >= 0.3 is 0 Å². The lowest BCUT2D eigenvalue weighted by Crippen LogP contribution is -2.21. The average molecular weight is 424 g/mol. The second kappa shape index (κ2) is 8.86. The molecular weight excluding hydrogens is 398 g/mol. The number of fused-ring (bicyclic) bond motifs is 3. The van der Waals surface area contributed by atoms with Crippen LogP contribution in [0.2, 0.25) is 0 Å². The summed E-state index contributed by atoms with van der Waals surface area (Å²) < 4.78 is 0. The number of hydrazone groups is 1. The quantitative estimate of drug-likeness (QED) is 0.254. The molecule has 0 fully saturated rings. The van der Waals surface area contributed by atoms with Gasteiger partial charge in [-0.1, -0.05) is 73.6 Å². The fraction of sp³-hybridized carbons (Fsp3) is 0.148. The maximum atomic E-state index is 4.48. The molecule has 4 aromatic carbocycles. The van der Waals surface area contributed by atoms with Crippen LogP contribution in [-0.2, 0) is 0 Å². The molecule has 5 rings (SSSR count). The zero-order valence-electron chi connectivity index (χ0n) is 17.6. The van der Waals surface area contributed by atoms with E-state index in [9.17, 15) is 0 Å². The summed E-state index contributed by atoms with van der Waals surface area (Å²) >= 11 is 1.84. The molecular formula is C27H25N3S. The van der Waals surface area contributed by atoms with E-state index in [0.717, 1.165) is 17.8 Å². The van der Waals surface area contributed by atoms with Crippen molar-refractivity contribution in [2.45, 2.75) is 29.6 Å². The highest BCUT2D eigenvalue weighted by Gasteiger charge is 2.22. The molecule has 1 heterocycles. The summed E-state index contributed by atoms with van der Waals surface area (Å²) in [7, 11) is 0. The SMILES string of the molecule is CCCCN1c2ccccc2Sc2cc(C=NNc3ccc4ccccc4c3)ccc21. The number of hydrogen-bond donors (Lipinski definition) is 1. The maximum absolute atomic E-state index is 4.48. The topological polar surface area (TPSA) is 27.6 Å². The van der Waals surface area contributed by atoms with E-state index in [2.05, 4.69) is 107 Å². The smallest absolute Gasteiger partial charge is 0.0568 e. The van der Waals surface area contributed by atoms with E-state index in [1.54, 1.807) is 0 Å². The zero-order chi connectivity index (χ0) is 21.0. The van der Waals surface area contributed by atoms with Gasteiger partial charge in [-0.2, -0.15) is 5.10 Å². The third-order valence-corrected chi connectivity index (χ3v) is 6.65. The van der Waals surface area contributed by atoms with E-state index < -0.39 is 0 Å². The van der Waals surface area contributed by atoms with Gasteiger partial charge in [0.15, 0.2) is 0 Å². The van der Waals surface area contributed by atoms with Crippen LogP contribution in [0.5, 0.6) is 0 Å². The normalized spacial score (nSPS) is 12.7. The first-order chi connectivity index (χ1) is 15.3. The highest BCUT2D eigenvalue weighted by atomic mass is 32.2. The molecule has 0 amide bonds. The Morgan fingerprint density at radius 1 is 0.839 bits per heavy atom. The van der Waals surface area contributed by atoms with Gasteiger partial charge in [0.1, 0.15) is 0 Å². The molecule has 3 nitrogen and oxygen atoms in total. The predicted octanol–water partition coefficient (Wildman–Crippen LogP) is 7.69. The summed E-state index contributed by atoms with van der Waals surface area (Å²) in [4.78, 5) is 5.05. The summed E-state index contributed by atoms with van der Waals surface area (Å²) in [6, 6.07) is 30.0. The Morgan fingerprint density at radius 2 is 1.65 bits per heavy atom. The largest absolute Gasteiger partial charge is 0.340 e. The molecule has 0 aromatic heterocycles. The maximum Gasteiger partial charge on any atom is 0.0568 e. The van der Waals surface area contributed by atoms with Crippen molar-refractivity contribution in [3.8, 4) is 0 Å². The number of para-hydroxylation sites is 1. The number of nitrogens with zero attached hydrogens (tertiary/aromatic N) is 2. The summed E-state index contributed by atoms with van der Waals surface area (Å²) in [6.45, 7) is 3.28. The van der Waals surface area contributed by atoms with Crippen molar-refractivity contribution in [3.05, 3.63) is 90.5 Å². The minimum Gasteiger partial charge on any atom is -0.340 e. The second-order valence-electron chi connectivity index (χ2n) is 7.73. The van der Waals surface area contributed by atoms with Crippen LogP contribution in [0.4, 0.5) is 17.1 Å². The number of unbranched alkanes of at least 4 members (excludes halogenated alkanes) is 1. The summed E-state index contributed by atoms with van der Waals surface area (Å²) in [5.41, 5.74) is 7.85. The van der Waals surface area contributed by atoms with Crippen LogP contribution in [0.25, 0.3) is 10.8 Å². The van der Waals surface area contributed by atoms with Crippen molar-refractivity contribution < 1.29 is 0 Å². The number of anilines is 3. The number of rotatable bonds is 6. The molecule has 0 radical (unpaired) electrons. The Morgan fingerprint density at radius 3 is 2.55 bits per heavy atom. The predicted molar refractivity (Wildman–Crippen MR) is 134 cm³/mol. The molecule has 0 saturated heterocycles. The van der Waals surface area contributed by atoms with E-state index in [4.69, 9.17) is 0 Å². The zero-order valence-corrected chi connectivity index (χ0v) is 18.4. The number of benzene rings is 4. The summed E-state index contributed by atoms with van der Waals surface area (Å²) in [5, 5.41) is 6.92. The lowest BCUT2D eigenvalue weighted by Gasteiger charge is -2.33. The molecule has 154 valence electrons. The molecule has 0 unspecified atom stereocenters. The molecule has 1 aliphatic heterocycles. The lowest BCUT2D eigenvalue weighted by atomic mass is 10.1. The lowest BCUT2D eigenvalue weighted by molar-refractivity contribution is 0.777. The molecule has 31 heavy (non-hydrogen) atoms. The van der Waals surface area contributed by atoms with Gasteiger partial charge in [-0.15, -0.1) is 0 Å². The minimum absolute atomic E-state index is 0.988. The molecule has 4 aromatic rings. The third kappa shape index (κ3) is 4.17. The standard InChI is InChI=1S/C27H25N3S/c1-2-3-16-30-24-10-6-7-11-26(24)31-27-17-20(12-15-25(27)30)19-28-29-23-14-13-21-8-4-5-9-22(21)18-23/h4-15,17-19,29H,2-3,16H2,1H3. The van der Waals surface area contributed by atoms with Crippen molar-refractivity contribution in [1.29, 1.82) is 0 Å². The number of hydrogen-bond acceptors (Lipinski definition) is 4. The van der Waals surface area contributed by atoms with Crippen LogP contribution in [-0.4, -0.2) is 12.8 Å². The highest BCUT2D eigenvalue weighted by Crippen LogP contribution is 2.48. The molecule has 0 atom stereocenters. The van der Waals surface area contributed by atoms with Gasteiger partial charge in [0.25, 0.3) is 0 Å². The second-order valence-corrected chi connectivity index (χ2v) is 8.82. The van der Waals surface area contributed by atoms with Gasteiger partial charge in [0.05, 0.1) is 23.3 Å². The van der Waals surface area contributed by atoms with Crippen molar-refractivity contribution in [3.63, 3.8) is 0 Å². The first-order valence-corrected chi connectivity index (χ1v) is 11.6. The van der Waals surface area contributed by atoms with Crippen LogP contribution >= 0.6 is 11.8 Å². The Bertz CT molecular complexity index is 1250. The molecule has 0 aliphatic carbocycles. The van der Waals surface area contributed by atoms with Crippen molar-refractivity contribution in [2.24, 2.45) is 5.10 Å². The van der Waals surface area contributed by atoms with Crippen LogP contribution in [0.3, 0.4) is 0 Å². The van der Waals surface area contributed by atoms with Crippen LogP contribution in [0, 0.1) is 0 Å². The van der Waals surface area contributed by atoms with Gasteiger partial charge < -0.3 is 4.90 Å². The molecule has 0 saturated carbocycles. The van der Waals surface area contributed by atoms with Gasteiger partial charge in [-0.25, -0.2) is 0 Å². The van der Waals surface area contributed by atoms with Gasteiger partial charge in [0, 0.05) is 16.3 Å². The van der Waals surface area contributed by atoms with Gasteiger partial charge in [-0.3, -0.25) is 5.43 Å². The fourth-order valence-electron chi connectivity index (χ4n) is 3.93. The van der Waals surface area contributed by atoms with E-state index in [-0.39, 0.29) is 0 Å². The summed E-state index contributed by atoms with van der Waals surface area (Å²) in [5.74, 6) is 0. The van der Waals surface area contributed by atoms with Crippen molar-refractivity contribution >= 4 is 45.8 Å². The molecule has 4 heteroatoms. The Balaban J connectivity index is 1.37. The van der Waals surface area contributed by atoms with E-state index >= 15 is 0 Å². The van der Waals surface area contributed by atoms with Gasteiger partial charge in [0.2, 0.25) is 0 Å². The monoisotopic (exact) mass is 423 g/mol. The van der Waals surface area contributed by atoms with Gasteiger partial charge in [-0.05, 0) is 59.2 Å². The Labute approximate surface area is 187 Å². The Kier molecular flexibility index (Phi) is 5.63. The first-order valence-electron chi connectivity index (χ1n) is 10.8. The van der Waals surface area contributed by atoms with E-state index in [0.29, 0.717) is 0 Å². The molecule has 1 aliphatic rings.